The van der Waals surface area contributed by atoms with Crippen molar-refractivity contribution >= 4 is 39.5 Å². The first-order valence-electron chi connectivity index (χ1n) is 9.14. The summed E-state index contributed by atoms with van der Waals surface area (Å²) in [4.78, 5) is 9.41. The fourth-order valence-electron chi connectivity index (χ4n) is 2.96. The van der Waals surface area contributed by atoms with Gasteiger partial charge in [0, 0.05) is 34.6 Å². The standard InChI is InChI=1S/C20H22IN3O4/c1-25-7-8-27-17-6-5-13-18(26-2)9-15(23-19(13)14(17)10-21)16-11-28-20(24-16)22-12-3-4-12/h5-6,9,11-12H,3-4,7-8,10H2,1-2H3,(H,22,24). The van der Waals surface area contributed by atoms with Crippen LogP contribution in [0.2, 0.25) is 0 Å². The Labute approximate surface area is 176 Å². The second kappa shape index (κ2) is 8.52. The van der Waals surface area contributed by atoms with Gasteiger partial charge in [-0.3, -0.25) is 0 Å². The predicted octanol–water partition coefficient (Wildman–Crippen LogP) is 4.43. The van der Waals surface area contributed by atoms with Crippen LogP contribution in [0, 0.1) is 0 Å². The van der Waals surface area contributed by atoms with Crippen LogP contribution in [0.3, 0.4) is 0 Å². The van der Waals surface area contributed by atoms with Crippen LogP contribution in [0.15, 0.2) is 28.9 Å². The van der Waals surface area contributed by atoms with Crippen LogP contribution in [0.4, 0.5) is 6.01 Å². The van der Waals surface area contributed by atoms with Crippen molar-refractivity contribution in [3.63, 3.8) is 0 Å². The van der Waals surface area contributed by atoms with E-state index in [0.717, 1.165) is 45.2 Å². The number of fused-ring (bicyclic) bond motifs is 1. The molecule has 0 radical (unpaired) electrons. The number of benzene rings is 1. The number of pyridine rings is 1. The summed E-state index contributed by atoms with van der Waals surface area (Å²) in [5.41, 5.74) is 3.25. The summed E-state index contributed by atoms with van der Waals surface area (Å²) >= 11 is 2.33. The smallest absolute Gasteiger partial charge is 0.295 e. The van der Waals surface area contributed by atoms with E-state index in [2.05, 4.69) is 32.9 Å². The van der Waals surface area contributed by atoms with Gasteiger partial charge >= 0.3 is 0 Å². The minimum Gasteiger partial charge on any atom is -0.496 e. The molecule has 3 aromatic rings. The number of halogens is 1. The largest absolute Gasteiger partial charge is 0.496 e. The Balaban J connectivity index is 1.75. The van der Waals surface area contributed by atoms with Gasteiger partial charge in [0.2, 0.25) is 0 Å². The molecular formula is C20H22IN3O4. The van der Waals surface area contributed by atoms with Crippen molar-refractivity contribution in [3.8, 4) is 22.9 Å². The topological polar surface area (TPSA) is 78.6 Å². The van der Waals surface area contributed by atoms with Crippen LogP contribution < -0.4 is 14.8 Å². The molecule has 2 heterocycles. The number of hydrogen-bond acceptors (Lipinski definition) is 7. The first kappa shape index (κ1) is 19.3. The third-order valence-electron chi connectivity index (χ3n) is 4.58. The molecule has 4 rings (SSSR count). The normalized spacial score (nSPS) is 13.7. The van der Waals surface area contributed by atoms with E-state index in [1.54, 1.807) is 20.5 Å². The fraction of sp³-hybridized carbons (Fsp3) is 0.400. The molecule has 2 aromatic heterocycles. The van der Waals surface area contributed by atoms with E-state index in [1.807, 2.05) is 18.2 Å². The molecule has 7 nitrogen and oxygen atoms in total. The molecule has 0 atom stereocenters. The Morgan fingerprint density at radius 1 is 1.14 bits per heavy atom. The molecular weight excluding hydrogens is 473 g/mol. The average Bonchev–Trinajstić information content (AvgIpc) is 3.41. The number of aromatic nitrogens is 2. The maximum Gasteiger partial charge on any atom is 0.295 e. The highest BCUT2D eigenvalue weighted by molar-refractivity contribution is 14.1. The van der Waals surface area contributed by atoms with Gasteiger partial charge in [0.25, 0.3) is 6.01 Å². The van der Waals surface area contributed by atoms with Crippen LogP contribution >= 0.6 is 22.6 Å². The number of nitrogens with one attached hydrogen (secondary N) is 1. The third kappa shape index (κ3) is 4.02. The molecule has 28 heavy (non-hydrogen) atoms. The van der Waals surface area contributed by atoms with E-state index in [-0.39, 0.29) is 0 Å². The summed E-state index contributed by atoms with van der Waals surface area (Å²) in [6.45, 7) is 1.02. The maximum atomic E-state index is 5.90. The van der Waals surface area contributed by atoms with Gasteiger partial charge in [0.1, 0.15) is 30.1 Å². The Bertz CT molecular complexity index is 971. The molecule has 1 saturated carbocycles. The average molecular weight is 495 g/mol. The van der Waals surface area contributed by atoms with Crippen molar-refractivity contribution in [1.29, 1.82) is 0 Å². The number of anilines is 1. The molecule has 1 aliphatic carbocycles. The summed E-state index contributed by atoms with van der Waals surface area (Å²) in [7, 11) is 3.32. The molecule has 8 heteroatoms. The Morgan fingerprint density at radius 3 is 2.71 bits per heavy atom. The zero-order chi connectivity index (χ0) is 19.5. The third-order valence-corrected chi connectivity index (χ3v) is 5.34. The predicted molar refractivity (Wildman–Crippen MR) is 116 cm³/mol. The van der Waals surface area contributed by atoms with E-state index in [4.69, 9.17) is 23.6 Å². The van der Waals surface area contributed by atoms with Crippen LogP contribution in [0.5, 0.6) is 11.5 Å². The van der Waals surface area contributed by atoms with E-state index >= 15 is 0 Å². The first-order valence-corrected chi connectivity index (χ1v) is 10.7. The van der Waals surface area contributed by atoms with E-state index < -0.39 is 0 Å². The van der Waals surface area contributed by atoms with E-state index in [1.165, 1.54) is 0 Å². The van der Waals surface area contributed by atoms with Gasteiger partial charge in [-0.2, -0.15) is 4.98 Å². The number of hydrogen-bond donors (Lipinski definition) is 1. The molecule has 1 fully saturated rings. The molecule has 0 aliphatic heterocycles. The molecule has 1 aromatic carbocycles. The lowest BCUT2D eigenvalue weighted by Crippen LogP contribution is -2.06. The Hall–Kier alpha value is -2.07. The zero-order valence-corrected chi connectivity index (χ0v) is 18.0. The highest BCUT2D eigenvalue weighted by Crippen LogP contribution is 2.36. The van der Waals surface area contributed by atoms with Gasteiger partial charge in [-0.15, -0.1) is 0 Å². The highest BCUT2D eigenvalue weighted by atomic mass is 127. The van der Waals surface area contributed by atoms with Crippen molar-refractivity contribution in [2.24, 2.45) is 0 Å². The summed E-state index contributed by atoms with van der Waals surface area (Å²) in [6.07, 6.45) is 3.94. The molecule has 0 unspecified atom stereocenters. The summed E-state index contributed by atoms with van der Waals surface area (Å²) in [6, 6.07) is 6.84. The molecule has 0 saturated heterocycles. The highest BCUT2D eigenvalue weighted by Gasteiger charge is 2.23. The number of alkyl halides is 1. The van der Waals surface area contributed by atoms with Gasteiger partial charge in [-0.05, 0) is 25.0 Å². The van der Waals surface area contributed by atoms with E-state index in [9.17, 15) is 0 Å². The monoisotopic (exact) mass is 495 g/mol. The number of rotatable bonds is 9. The van der Waals surface area contributed by atoms with Crippen LogP contribution in [0.1, 0.15) is 18.4 Å². The Morgan fingerprint density at radius 2 is 2.00 bits per heavy atom. The molecule has 0 bridgehead atoms. The zero-order valence-electron chi connectivity index (χ0n) is 15.8. The molecule has 1 N–H and O–H groups in total. The number of nitrogens with zero attached hydrogens (tertiary/aromatic N) is 2. The lowest BCUT2D eigenvalue weighted by Gasteiger charge is -2.14. The Kier molecular flexibility index (Phi) is 5.86. The van der Waals surface area contributed by atoms with E-state index in [0.29, 0.717) is 36.7 Å². The second-order valence-electron chi connectivity index (χ2n) is 6.58. The second-order valence-corrected chi connectivity index (χ2v) is 7.34. The van der Waals surface area contributed by atoms with Crippen molar-refractivity contribution in [2.75, 3.05) is 32.8 Å². The summed E-state index contributed by atoms with van der Waals surface area (Å²) < 4.78 is 22.9. The minimum atomic E-state index is 0.475. The van der Waals surface area contributed by atoms with Crippen molar-refractivity contribution in [3.05, 3.63) is 30.0 Å². The lowest BCUT2D eigenvalue weighted by molar-refractivity contribution is 0.146. The number of oxazole rings is 1. The van der Waals surface area contributed by atoms with Crippen LogP contribution in [-0.4, -0.2) is 43.4 Å². The first-order chi connectivity index (χ1) is 13.7. The van der Waals surface area contributed by atoms with Gasteiger partial charge in [-0.25, -0.2) is 4.98 Å². The van der Waals surface area contributed by atoms with Crippen LogP contribution in [0.25, 0.3) is 22.3 Å². The maximum absolute atomic E-state index is 5.90. The summed E-state index contributed by atoms with van der Waals surface area (Å²) in [5, 5.41) is 4.20. The van der Waals surface area contributed by atoms with Gasteiger partial charge < -0.3 is 23.9 Å². The fourth-order valence-corrected chi connectivity index (χ4v) is 3.70. The number of methoxy groups -OCH3 is 2. The summed E-state index contributed by atoms with van der Waals surface area (Å²) in [5.74, 6) is 1.55. The molecule has 0 amide bonds. The molecule has 1 aliphatic rings. The quantitative estimate of drug-likeness (QED) is 0.267. The van der Waals surface area contributed by atoms with Gasteiger partial charge in [0.15, 0.2) is 0 Å². The SMILES string of the molecule is COCCOc1ccc2c(OC)cc(-c3coc(NC4CC4)n3)nc2c1CI. The van der Waals surface area contributed by atoms with Crippen molar-refractivity contribution in [2.45, 2.75) is 23.3 Å². The molecule has 148 valence electrons. The lowest BCUT2D eigenvalue weighted by atomic mass is 10.1. The van der Waals surface area contributed by atoms with Gasteiger partial charge in [0.05, 0.1) is 24.9 Å². The van der Waals surface area contributed by atoms with Crippen molar-refractivity contribution in [1.82, 2.24) is 9.97 Å². The van der Waals surface area contributed by atoms with Gasteiger partial charge in [-0.1, -0.05) is 22.6 Å². The molecule has 0 spiro atoms. The minimum absolute atomic E-state index is 0.475. The van der Waals surface area contributed by atoms with Crippen LogP contribution in [-0.2, 0) is 9.16 Å². The number of ether oxygens (including phenoxy) is 3. The van der Waals surface area contributed by atoms with Crippen molar-refractivity contribution < 1.29 is 18.6 Å².